The van der Waals surface area contributed by atoms with Crippen molar-refractivity contribution in [3.05, 3.63) is 0 Å². The van der Waals surface area contributed by atoms with E-state index in [0.29, 0.717) is 0 Å². The number of carboxylic acid groups (broad SMARTS) is 4. The summed E-state index contributed by atoms with van der Waals surface area (Å²) < 4.78 is 0. The predicted octanol–water partition coefficient (Wildman–Crippen LogP) is -7.98. The molecule has 0 aromatic rings. The van der Waals surface area contributed by atoms with Crippen molar-refractivity contribution in [1.82, 2.24) is 0 Å². The Labute approximate surface area is 142 Å². The van der Waals surface area contributed by atoms with Gasteiger partial charge in [-0.15, -0.1) is 0 Å². The van der Waals surface area contributed by atoms with Crippen molar-refractivity contribution in [3.63, 3.8) is 0 Å². The van der Waals surface area contributed by atoms with Crippen molar-refractivity contribution in [2.75, 3.05) is 0 Å². The Morgan fingerprint density at radius 1 is 0.750 bits per heavy atom. The largest absolute Gasteiger partial charge is 2.00 e. The van der Waals surface area contributed by atoms with E-state index in [9.17, 15) is 39.6 Å². The van der Waals surface area contributed by atoms with E-state index in [-0.39, 0.29) is 42.5 Å². The minimum absolute atomic E-state index is 0. The first-order valence-electron chi connectivity index (χ1n) is 4.40. The smallest absolute Gasteiger partial charge is 0.550 e. The second kappa shape index (κ2) is 14.6. The summed E-state index contributed by atoms with van der Waals surface area (Å²) in [5.74, 6) is -6.16. The fourth-order valence-electron chi connectivity index (χ4n) is 0.526. The Kier molecular flexibility index (Phi) is 20.1. The molecule has 0 radical (unpaired) electrons. The maximum Gasteiger partial charge on any atom is 2.00 e. The molecule has 0 amide bonds. The topological polar surface area (TPSA) is 213 Å². The Bertz CT molecular complexity index is 308. The van der Waals surface area contributed by atoms with Crippen LogP contribution in [0.4, 0.5) is 0 Å². The van der Waals surface area contributed by atoms with Gasteiger partial charge in [-0.25, -0.2) is 0 Å². The first-order valence-corrected chi connectivity index (χ1v) is 4.40. The minimum atomic E-state index is -1.58. The number of nitrogens with two attached hydrogens (primary N) is 2. The molecule has 0 heterocycles. The SMILES string of the molecule is NC(CC(=O)[O-])C(=O)[O-].NC(CC(=O)[O-])C(=O)[O-].[Mg+2].[Zn+2]. The molecule has 10 nitrogen and oxygen atoms in total. The van der Waals surface area contributed by atoms with Gasteiger partial charge in [-0.05, 0) is 0 Å². The summed E-state index contributed by atoms with van der Waals surface area (Å²) in [6.45, 7) is 0. The normalized spacial score (nSPS) is 11.3. The van der Waals surface area contributed by atoms with E-state index >= 15 is 0 Å². The van der Waals surface area contributed by atoms with Gasteiger partial charge in [-0.1, -0.05) is 0 Å². The van der Waals surface area contributed by atoms with Crippen LogP contribution in [0.25, 0.3) is 0 Å². The van der Waals surface area contributed by atoms with Crippen molar-refractivity contribution in [3.8, 4) is 0 Å². The molecule has 0 aromatic heterocycles. The van der Waals surface area contributed by atoms with Crippen molar-refractivity contribution >= 4 is 46.9 Å². The van der Waals surface area contributed by atoms with E-state index in [1.807, 2.05) is 0 Å². The van der Waals surface area contributed by atoms with Gasteiger partial charge in [0.25, 0.3) is 0 Å². The number of hydrogen-bond donors (Lipinski definition) is 2. The van der Waals surface area contributed by atoms with Gasteiger partial charge in [0.05, 0.1) is 11.9 Å². The van der Waals surface area contributed by atoms with Gasteiger partial charge < -0.3 is 51.1 Å². The monoisotopic (exact) mass is 350 g/mol. The first-order chi connectivity index (χ1) is 8.07. The Morgan fingerprint density at radius 3 is 1.00 bits per heavy atom. The standard InChI is InChI=1S/2C4H7NO4.Mg.Zn/c2*5-2(4(8)9)1-3(6)7;;/h2*2H,1,5H2,(H,6,7)(H,8,9);;/q;;2*+2/p-4. The van der Waals surface area contributed by atoms with Gasteiger partial charge >= 0.3 is 42.5 Å². The number of carboxylic acids is 4. The number of carbonyl (C=O) groups excluding carboxylic acids is 4. The summed E-state index contributed by atoms with van der Waals surface area (Å²) in [7, 11) is 0. The molecule has 0 saturated heterocycles. The Morgan fingerprint density at radius 2 is 0.950 bits per heavy atom. The molecule has 2 unspecified atom stereocenters. The van der Waals surface area contributed by atoms with Crippen LogP contribution in [-0.2, 0) is 38.7 Å². The number of hydrogen-bond acceptors (Lipinski definition) is 10. The molecule has 0 spiro atoms. The summed E-state index contributed by atoms with van der Waals surface area (Å²) in [6.07, 6.45) is -1.41. The molecule has 12 heteroatoms. The van der Waals surface area contributed by atoms with Gasteiger partial charge in [-0.2, -0.15) is 0 Å². The van der Waals surface area contributed by atoms with E-state index in [1.54, 1.807) is 0 Å². The van der Waals surface area contributed by atoms with Crippen molar-refractivity contribution in [1.29, 1.82) is 0 Å². The number of rotatable bonds is 6. The zero-order chi connectivity index (χ0) is 14.9. The van der Waals surface area contributed by atoms with E-state index in [4.69, 9.17) is 11.5 Å². The van der Waals surface area contributed by atoms with Crippen LogP contribution >= 0.6 is 0 Å². The second-order valence-electron chi connectivity index (χ2n) is 3.00. The van der Waals surface area contributed by atoms with Crippen LogP contribution in [0, 0.1) is 0 Å². The molecule has 104 valence electrons. The van der Waals surface area contributed by atoms with Crippen molar-refractivity contribution in [2.24, 2.45) is 11.5 Å². The van der Waals surface area contributed by atoms with Crippen LogP contribution in [0.5, 0.6) is 0 Å². The first kappa shape index (κ1) is 27.5. The molecule has 20 heavy (non-hydrogen) atoms. The third-order valence-corrected chi connectivity index (χ3v) is 1.38. The molecule has 0 fully saturated rings. The minimum Gasteiger partial charge on any atom is -0.550 e. The summed E-state index contributed by atoms with van der Waals surface area (Å²) in [5.41, 5.74) is 9.47. The van der Waals surface area contributed by atoms with Crippen LogP contribution in [0.2, 0.25) is 0 Å². The molecule has 0 aliphatic heterocycles. The molecule has 4 N–H and O–H groups in total. The number of aliphatic carboxylic acids is 4. The molecule has 0 aliphatic carbocycles. The van der Waals surface area contributed by atoms with Crippen LogP contribution in [0.3, 0.4) is 0 Å². The third-order valence-electron chi connectivity index (χ3n) is 1.38. The second-order valence-corrected chi connectivity index (χ2v) is 3.00. The van der Waals surface area contributed by atoms with E-state index in [2.05, 4.69) is 0 Å². The van der Waals surface area contributed by atoms with Gasteiger partial charge in [0.2, 0.25) is 0 Å². The predicted molar refractivity (Wildman–Crippen MR) is 51.0 cm³/mol. The molecular formula is C8H10MgN2O8Zn. The van der Waals surface area contributed by atoms with Crippen LogP contribution in [0.1, 0.15) is 12.8 Å². The maximum absolute atomic E-state index is 9.71. The molecule has 0 aromatic carbocycles. The van der Waals surface area contributed by atoms with E-state index in [0.717, 1.165) is 0 Å². The average molecular weight is 352 g/mol. The Balaban J connectivity index is -0.000000116. The van der Waals surface area contributed by atoms with Crippen molar-refractivity contribution < 1.29 is 59.1 Å². The zero-order valence-electron chi connectivity index (χ0n) is 10.4. The fourth-order valence-corrected chi connectivity index (χ4v) is 0.526. The summed E-state index contributed by atoms with van der Waals surface area (Å²) in [4.78, 5) is 38.7. The maximum atomic E-state index is 9.71. The summed E-state index contributed by atoms with van der Waals surface area (Å²) >= 11 is 0. The third kappa shape index (κ3) is 19.5. The van der Waals surface area contributed by atoms with Crippen LogP contribution < -0.4 is 31.9 Å². The molecule has 0 bridgehead atoms. The molecule has 2 atom stereocenters. The van der Waals surface area contributed by atoms with E-state index < -0.39 is 48.8 Å². The summed E-state index contributed by atoms with van der Waals surface area (Å²) in [5, 5.41) is 38.7. The van der Waals surface area contributed by atoms with Gasteiger partial charge in [-0.3, -0.25) is 0 Å². The van der Waals surface area contributed by atoms with Gasteiger partial charge in [0.1, 0.15) is 0 Å². The average Bonchev–Trinajstić information content (AvgIpc) is 2.16. The number of carbonyl (C=O) groups is 4. The molecular weight excluding hydrogens is 342 g/mol. The van der Waals surface area contributed by atoms with Gasteiger partial charge in [0.15, 0.2) is 0 Å². The summed E-state index contributed by atoms with van der Waals surface area (Å²) in [6, 6.07) is -2.93. The zero-order valence-corrected chi connectivity index (χ0v) is 14.8. The quantitative estimate of drug-likeness (QED) is 0.431. The van der Waals surface area contributed by atoms with Crippen molar-refractivity contribution in [2.45, 2.75) is 24.9 Å². The molecule has 0 rings (SSSR count). The molecule has 0 aliphatic rings. The molecule has 0 saturated carbocycles. The van der Waals surface area contributed by atoms with E-state index in [1.165, 1.54) is 0 Å². The Hall–Kier alpha value is -0.810. The van der Waals surface area contributed by atoms with Crippen LogP contribution in [-0.4, -0.2) is 59.0 Å². The van der Waals surface area contributed by atoms with Crippen LogP contribution in [0.15, 0.2) is 0 Å². The fraction of sp³-hybridized carbons (Fsp3) is 0.500. The van der Waals surface area contributed by atoms with Gasteiger partial charge in [0, 0.05) is 36.9 Å².